The number of methoxy groups -OCH3 is 1. The van der Waals surface area contributed by atoms with Gasteiger partial charge >= 0.3 is 0 Å². The summed E-state index contributed by atoms with van der Waals surface area (Å²) in [5, 5.41) is 4.48. The fraction of sp³-hybridized carbons (Fsp3) is 0.391. The number of hydrogen-bond donors (Lipinski definition) is 1. The molecule has 30 heavy (non-hydrogen) atoms. The minimum Gasteiger partial charge on any atom is -0.497 e. The van der Waals surface area contributed by atoms with Crippen LogP contribution in [0.25, 0.3) is 10.9 Å². The maximum atomic E-state index is 5.25. The van der Waals surface area contributed by atoms with Crippen LogP contribution in [0, 0.1) is 0 Å². The number of benzene rings is 2. The Labute approximate surface area is 182 Å². The molecule has 1 aromatic heterocycles. The topological polar surface area (TPSA) is 53.5 Å². The Morgan fingerprint density at radius 2 is 1.77 bits per heavy atom. The molecule has 0 bridgehead atoms. The number of aromatic nitrogens is 2. The number of para-hydroxylation sites is 1. The van der Waals surface area contributed by atoms with E-state index in [2.05, 4.69) is 52.6 Å². The Balaban J connectivity index is 1.42. The highest BCUT2D eigenvalue weighted by Crippen LogP contribution is 2.29. The van der Waals surface area contributed by atoms with Gasteiger partial charge in [-0.3, -0.25) is 4.90 Å². The third kappa shape index (κ3) is 4.69. The van der Waals surface area contributed by atoms with E-state index in [1.807, 2.05) is 36.2 Å². The molecule has 0 saturated carbocycles. The molecule has 0 aliphatic carbocycles. The maximum absolute atomic E-state index is 5.25. The van der Waals surface area contributed by atoms with E-state index in [0.717, 1.165) is 61.0 Å². The first-order valence-corrected chi connectivity index (χ1v) is 11.3. The second kappa shape index (κ2) is 9.64. The second-order valence-electron chi connectivity index (χ2n) is 7.39. The van der Waals surface area contributed by atoms with Crippen molar-refractivity contribution in [1.29, 1.82) is 0 Å². The van der Waals surface area contributed by atoms with Crippen molar-refractivity contribution < 1.29 is 4.74 Å². The van der Waals surface area contributed by atoms with Crippen LogP contribution in [-0.4, -0.2) is 59.0 Å². The number of fused-ring (bicyclic) bond motifs is 1. The van der Waals surface area contributed by atoms with Gasteiger partial charge in [0.05, 0.1) is 18.7 Å². The SMILES string of the molecule is CCNc1nc(C(C)N2CCN(Sc3ccc(OC)cc3)CC2)nc2ccccc12. The molecule has 1 unspecified atom stereocenters. The Morgan fingerprint density at radius 1 is 1.03 bits per heavy atom. The van der Waals surface area contributed by atoms with Crippen LogP contribution in [0.5, 0.6) is 5.75 Å². The molecule has 1 aliphatic heterocycles. The van der Waals surface area contributed by atoms with Crippen molar-refractivity contribution >= 4 is 28.7 Å². The van der Waals surface area contributed by atoms with Crippen LogP contribution >= 0.6 is 11.9 Å². The Kier molecular flexibility index (Phi) is 6.72. The molecule has 7 heteroatoms. The predicted octanol–water partition coefficient (Wildman–Crippen LogP) is 4.46. The largest absolute Gasteiger partial charge is 0.497 e. The first-order valence-electron chi connectivity index (χ1n) is 10.5. The van der Waals surface area contributed by atoms with Crippen LogP contribution in [0.3, 0.4) is 0 Å². The molecule has 1 aliphatic rings. The van der Waals surface area contributed by atoms with Crippen LogP contribution < -0.4 is 10.1 Å². The summed E-state index contributed by atoms with van der Waals surface area (Å²) in [7, 11) is 1.70. The summed E-state index contributed by atoms with van der Waals surface area (Å²) in [6.45, 7) is 9.17. The number of nitrogens with one attached hydrogen (secondary N) is 1. The first-order chi connectivity index (χ1) is 14.7. The third-order valence-corrected chi connectivity index (χ3v) is 6.56. The number of rotatable bonds is 7. The highest BCUT2D eigenvalue weighted by atomic mass is 32.2. The standard InChI is InChI=1S/C23H29N5OS/c1-4-24-23-20-7-5-6-8-21(20)25-22(26-23)17(2)27-13-15-28(16-14-27)30-19-11-9-18(29-3)10-12-19/h5-12,17H,4,13-16H2,1-3H3,(H,24,25,26). The monoisotopic (exact) mass is 423 g/mol. The van der Waals surface area contributed by atoms with E-state index in [-0.39, 0.29) is 6.04 Å². The maximum Gasteiger partial charge on any atom is 0.148 e. The van der Waals surface area contributed by atoms with Gasteiger partial charge in [-0.2, -0.15) is 0 Å². The van der Waals surface area contributed by atoms with Gasteiger partial charge in [0.15, 0.2) is 0 Å². The van der Waals surface area contributed by atoms with Gasteiger partial charge < -0.3 is 10.1 Å². The molecule has 2 aromatic carbocycles. The molecular formula is C23H29N5OS. The fourth-order valence-electron chi connectivity index (χ4n) is 3.71. The average molecular weight is 424 g/mol. The molecule has 0 amide bonds. The number of nitrogens with zero attached hydrogens (tertiary/aromatic N) is 4. The van der Waals surface area contributed by atoms with Crippen molar-refractivity contribution in [2.24, 2.45) is 0 Å². The zero-order chi connectivity index (χ0) is 20.9. The summed E-state index contributed by atoms with van der Waals surface area (Å²) >= 11 is 1.81. The lowest BCUT2D eigenvalue weighted by molar-refractivity contribution is 0.147. The molecule has 1 fully saturated rings. The molecule has 1 N–H and O–H groups in total. The van der Waals surface area contributed by atoms with Gasteiger partial charge in [0, 0.05) is 43.0 Å². The highest BCUT2D eigenvalue weighted by molar-refractivity contribution is 7.97. The first kappa shape index (κ1) is 20.9. The van der Waals surface area contributed by atoms with Crippen molar-refractivity contribution in [2.75, 3.05) is 45.2 Å². The normalized spacial score (nSPS) is 16.5. The molecule has 0 radical (unpaired) electrons. The number of piperazine rings is 1. The summed E-state index contributed by atoms with van der Waals surface area (Å²) in [6.07, 6.45) is 0. The second-order valence-corrected chi connectivity index (χ2v) is 8.56. The van der Waals surface area contributed by atoms with Gasteiger partial charge in [-0.15, -0.1) is 0 Å². The number of ether oxygens (including phenoxy) is 1. The van der Waals surface area contributed by atoms with Crippen molar-refractivity contribution in [3.63, 3.8) is 0 Å². The number of anilines is 1. The van der Waals surface area contributed by atoms with Crippen LogP contribution in [0.4, 0.5) is 5.82 Å². The molecule has 4 rings (SSSR count). The van der Waals surface area contributed by atoms with E-state index in [9.17, 15) is 0 Å². The van der Waals surface area contributed by atoms with E-state index < -0.39 is 0 Å². The predicted molar refractivity (Wildman–Crippen MR) is 124 cm³/mol. The smallest absolute Gasteiger partial charge is 0.148 e. The molecule has 6 nitrogen and oxygen atoms in total. The van der Waals surface area contributed by atoms with Gasteiger partial charge in [0.25, 0.3) is 0 Å². The molecule has 3 aromatic rings. The zero-order valence-electron chi connectivity index (χ0n) is 17.8. The summed E-state index contributed by atoms with van der Waals surface area (Å²) < 4.78 is 7.67. The minimum atomic E-state index is 0.181. The van der Waals surface area contributed by atoms with Gasteiger partial charge in [-0.25, -0.2) is 14.3 Å². The van der Waals surface area contributed by atoms with Crippen molar-refractivity contribution in [3.05, 3.63) is 54.4 Å². The minimum absolute atomic E-state index is 0.181. The molecular weight excluding hydrogens is 394 g/mol. The van der Waals surface area contributed by atoms with Gasteiger partial charge in [0.2, 0.25) is 0 Å². The summed E-state index contributed by atoms with van der Waals surface area (Å²) in [6, 6.07) is 16.7. The molecule has 1 atom stereocenters. The average Bonchev–Trinajstić information content (AvgIpc) is 2.80. The molecule has 2 heterocycles. The lowest BCUT2D eigenvalue weighted by Gasteiger charge is -2.36. The van der Waals surface area contributed by atoms with Gasteiger partial charge in [-0.1, -0.05) is 12.1 Å². The molecule has 158 valence electrons. The van der Waals surface area contributed by atoms with Crippen LogP contribution in [0.1, 0.15) is 25.7 Å². The van der Waals surface area contributed by atoms with Crippen molar-refractivity contribution in [3.8, 4) is 5.75 Å². The number of hydrogen-bond acceptors (Lipinski definition) is 7. The summed E-state index contributed by atoms with van der Waals surface area (Å²) in [4.78, 5) is 13.5. The Bertz CT molecular complexity index is 973. The lowest BCUT2D eigenvalue weighted by atomic mass is 10.2. The zero-order valence-corrected chi connectivity index (χ0v) is 18.7. The lowest BCUT2D eigenvalue weighted by Crippen LogP contribution is -2.44. The van der Waals surface area contributed by atoms with Gasteiger partial charge in [0.1, 0.15) is 17.4 Å². The summed E-state index contributed by atoms with van der Waals surface area (Å²) in [5.41, 5.74) is 0.999. The highest BCUT2D eigenvalue weighted by Gasteiger charge is 2.25. The van der Waals surface area contributed by atoms with Crippen LogP contribution in [-0.2, 0) is 0 Å². The fourth-order valence-corrected chi connectivity index (χ4v) is 4.62. The quantitative estimate of drug-likeness (QED) is 0.563. The van der Waals surface area contributed by atoms with E-state index in [0.29, 0.717) is 0 Å². The summed E-state index contributed by atoms with van der Waals surface area (Å²) in [5.74, 6) is 2.71. The van der Waals surface area contributed by atoms with E-state index in [1.54, 1.807) is 7.11 Å². The Morgan fingerprint density at radius 3 is 2.47 bits per heavy atom. The van der Waals surface area contributed by atoms with Crippen molar-refractivity contribution in [1.82, 2.24) is 19.2 Å². The van der Waals surface area contributed by atoms with E-state index in [1.165, 1.54) is 4.90 Å². The Hall–Kier alpha value is -2.35. The van der Waals surface area contributed by atoms with E-state index >= 15 is 0 Å². The third-order valence-electron chi connectivity index (χ3n) is 5.45. The van der Waals surface area contributed by atoms with Gasteiger partial charge in [-0.05, 0) is 62.2 Å². The molecule has 1 saturated heterocycles. The van der Waals surface area contributed by atoms with E-state index in [4.69, 9.17) is 14.7 Å². The van der Waals surface area contributed by atoms with Crippen LogP contribution in [0.2, 0.25) is 0 Å². The van der Waals surface area contributed by atoms with Crippen LogP contribution in [0.15, 0.2) is 53.4 Å². The van der Waals surface area contributed by atoms with Crippen molar-refractivity contribution in [2.45, 2.75) is 24.8 Å². The molecule has 0 spiro atoms.